The van der Waals surface area contributed by atoms with Gasteiger partial charge in [-0.15, -0.1) is 0 Å². The standard InChI is InChI=1S/6C15H17N2/c1-4-15-16(3)10-14-8-13-7-11(2)5-6-12(13)9-17(14)15;1-4-15-16(3)10-14-8-12-6-5-11(2)7-13(12)9-17(14)15;1-4-15-16(3)10-14-13-6-5-11(2)9-12(13)7-8-17(14)15;1-4-15-16(3)10-13-8-14-11(2)6-5-7-12(14)9-17(13)15;1-4-15-16(3)9-13-8-12-7-5-6-11(2)14(12)10-17(13)15;1-4-15-16(3)10-14-13-7-5-6-11(2)12(13)8-9-17(14)15/h6*5-10H,4H2,1-3H3/q6*+1. The quantitative estimate of drug-likeness (QED) is 0.149. The molecule has 12 heterocycles. The maximum Gasteiger partial charge on any atom is 0.261 e. The van der Waals surface area contributed by atoms with Crippen LogP contribution < -0.4 is 27.4 Å². The van der Waals surface area contributed by atoms with Crippen LogP contribution in [0.3, 0.4) is 0 Å². The molecular weight excluding hydrogens is 1250 g/mol. The summed E-state index contributed by atoms with van der Waals surface area (Å²) in [6.45, 7) is 26.1. The zero-order chi connectivity index (χ0) is 71.9. The van der Waals surface area contributed by atoms with Crippen LogP contribution in [0.2, 0.25) is 0 Å². The second-order valence-corrected chi connectivity index (χ2v) is 28.0. The van der Waals surface area contributed by atoms with E-state index in [2.05, 4.69) is 399 Å². The third kappa shape index (κ3) is 13.3. The van der Waals surface area contributed by atoms with Crippen LogP contribution in [0.4, 0.5) is 0 Å². The van der Waals surface area contributed by atoms with Crippen molar-refractivity contribution in [3.63, 3.8) is 0 Å². The van der Waals surface area contributed by atoms with Gasteiger partial charge in [-0.1, -0.05) is 149 Å². The Bertz CT molecular complexity index is 6130. The van der Waals surface area contributed by atoms with E-state index in [1.807, 2.05) is 0 Å². The number of aryl methyl sites for hydroxylation is 18. The minimum Gasteiger partial charge on any atom is -0.236 e. The van der Waals surface area contributed by atoms with Crippen LogP contribution in [0.15, 0.2) is 220 Å². The van der Waals surface area contributed by atoms with E-state index in [0.29, 0.717) is 0 Å². The highest BCUT2D eigenvalue weighted by molar-refractivity contribution is 5.98. The minimum absolute atomic E-state index is 1.04. The molecule has 0 aliphatic carbocycles. The first-order chi connectivity index (χ1) is 49.2. The smallest absolute Gasteiger partial charge is 0.236 e. The third-order valence-electron chi connectivity index (χ3n) is 20.9. The maximum absolute atomic E-state index is 2.30. The van der Waals surface area contributed by atoms with Gasteiger partial charge in [0.1, 0.15) is 62.0 Å². The fourth-order valence-electron chi connectivity index (χ4n) is 15.7. The molecule has 0 aliphatic heterocycles. The van der Waals surface area contributed by atoms with Gasteiger partial charge in [0.2, 0.25) is 0 Å². The summed E-state index contributed by atoms with van der Waals surface area (Å²) in [6.07, 6.45) is 32.8. The summed E-state index contributed by atoms with van der Waals surface area (Å²) >= 11 is 0. The fourth-order valence-corrected chi connectivity index (χ4v) is 15.7. The van der Waals surface area contributed by atoms with Crippen molar-refractivity contribution < 1.29 is 27.4 Å². The predicted molar refractivity (Wildman–Crippen MR) is 421 cm³/mol. The second kappa shape index (κ2) is 28.9. The van der Waals surface area contributed by atoms with Crippen molar-refractivity contribution in [1.29, 1.82) is 0 Å². The topological polar surface area (TPSA) is 49.7 Å². The molecule has 0 saturated heterocycles. The Morgan fingerprint density at radius 2 is 0.608 bits per heavy atom. The van der Waals surface area contributed by atoms with Crippen LogP contribution in [-0.4, -0.2) is 26.4 Å². The Morgan fingerprint density at radius 3 is 1.15 bits per heavy atom. The van der Waals surface area contributed by atoms with Crippen molar-refractivity contribution in [1.82, 2.24) is 26.4 Å². The van der Waals surface area contributed by atoms with Gasteiger partial charge in [0.25, 0.3) is 34.9 Å². The van der Waals surface area contributed by atoms with E-state index in [1.54, 1.807) is 0 Å². The van der Waals surface area contributed by atoms with Crippen molar-refractivity contribution in [3.05, 3.63) is 288 Å². The van der Waals surface area contributed by atoms with Crippen molar-refractivity contribution >= 4 is 97.7 Å². The SMILES string of the molecule is CCc1n2cc3c(C)cccc3cc2c[n+]1C.CCc1n2cc3cc(C)ccc3cc2c[n+]1C.CCc1n2cc3ccc(C)cc3cc2c[n+]1C.CCc1n2cc3cccc(C)c3cc2c[n+]1C.CCc1n2ccc3c(C)cccc3c2c[n+]1C.CCc1n2ccc3cc(C)ccc3c2c[n+]1C. The summed E-state index contributed by atoms with van der Waals surface area (Å²) < 4.78 is 27.0. The molecule has 0 unspecified atom stereocenters. The number of fused-ring (bicyclic) bond motifs is 14. The highest BCUT2D eigenvalue weighted by Gasteiger charge is 2.21. The fraction of sp³-hybridized carbons (Fsp3) is 0.267. The largest absolute Gasteiger partial charge is 0.261 e. The van der Waals surface area contributed by atoms with Gasteiger partial charge in [0, 0.05) is 70.8 Å². The van der Waals surface area contributed by atoms with Gasteiger partial charge in [-0.2, -0.15) is 26.4 Å². The minimum atomic E-state index is 1.04. The number of pyridine rings is 6. The summed E-state index contributed by atoms with van der Waals surface area (Å²) in [7, 11) is 12.7. The normalized spacial score (nSPS) is 11.5. The van der Waals surface area contributed by atoms with E-state index in [-0.39, 0.29) is 0 Å². The maximum atomic E-state index is 2.30. The van der Waals surface area contributed by atoms with Crippen molar-refractivity contribution in [2.45, 2.75) is 122 Å². The molecule has 102 heavy (non-hydrogen) atoms. The van der Waals surface area contributed by atoms with E-state index in [0.717, 1.165) is 38.5 Å². The Labute approximate surface area is 600 Å². The molecule has 0 bridgehead atoms. The first kappa shape index (κ1) is 69.5. The molecule has 12 heteroatoms. The molecule has 0 saturated carbocycles. The molecule has 12 nitrogen and oxygen atoms in total. The number of aromatic nitrogens is 12. The number of hydrogen-bond acceptors (Lipinski definition) is 0. The van der Waals surface area contributed by atoms with Crippen LogP contribution >= 0.6 is 0 Å². The molecule has 18 aromatic rings. The van der Waals surface area contributed by atoms with Gasteiger partial charge in [-0.05, 0) is 145 Å². The van der Waals surface area contributed by atoms with Gasteiger partial charge in [0.05, 0.1) is 54.7 Å². The van der Waals surface area contributed by atoms with Gasteiger partial charge in [-0.3, -0.25) is 0 Å². The summed E-state index contributed by atoms with van der Waals surface area (Å²) in [5, 5.41) is 15.9. The Hall–Kier alpha value is -11.0. The zero-order valence-corrected chi connectivity index (χ0v) is 63.4. The lowest BCUT2D eigenvalue weighted by atomic mass is 10.1. The Morgan fingerprint density at radius 1 is 0.245 bits per heavy atom. The van der Waals surface area contributed by atoms with Gasteiger partial charge < -0.3 is 0 Å². The molecule has 0 spiro atoms. The van der Waals surface area contributed by atoms with Gasteiger partial charge in [0.15, 0.2) is 33.1 Å². The predicted octanol–water partition coefficient (Wildman–Crippen LogP) is 16.7. The van der Waals surface area contributed by atoms with Crippen LogP contribution in [0.1, 0.15) is 110 Å². The molecule has 6 aromatic carbocycles. The third-order valence-corrected chi connectivity index (χ3v) is 20.9. The number of imidazole rings is 6. The highest BCUT2D eigenvalue weighted by atomic mass is 15.1. The Balaban J connectivity index is 0.000000109. The van der Waals surface area contributed by atoms with Crippen molar-refractivity contribution in [3.8, 4) is 0 Å². The molecule has 0 aliphatic rings. The molecule has 0 radical (unpaired) electrons. The van der Waals surface area contributed by atoms with Gasteiger partial charge in [-0.25, -0.2) is 27.4 Å². The molecule has 0 fully saturated rings. The molecule has 18 rings (SSSR count). The number of nitrogens with zero attached hydrogens (tertiary/aromatic N) is 12. The lowest BCUT2D eigenvalue weighted by Crippen LogP contribution is -2.30. The van der Waals surface area contributed by atoms with E-state index < -0.39 is 0 Å². The van der Waals surface area contributed by atoms with E-state index >= 15 is 0 Å². The second-order valence-electron chi connectivity index (χ2n) is 28.0. The summed E-state index contributed by atoms with van der Waals surface area (Å²) in [5.74, 6) is 8.02. The van der Waals surface area contributed by atoms with E-state index in [9.17, 15) is 0 Å². The first-order valence-electron chi connectivity index (χ1n) is 36.6. The van der Waals surface area contributed by atoms with E-state index in [1.165, 1.54) is 166 Å². The summed E-state index contributed by atoms with van der Waals surface area (Å²) in [6, 6.07) is 52.8. The molecule has 0 atom stereocenters. The van der Waals surface area contributed by atoms with Crippen molar-refractivity contribution in [2.24, 2.45) is 42.3 Å². The average molecular weight is 1350 g/mol. The summed E-state index contributed by atoms with van der Waals surface area (Å²) in [4.78, 5) is 0. The molecular formula is C90H102N12+6. The first-order valence-corrected chi connectivity index (χ1v) is 36.6. The Kier molecular flexibility index (Phi) is 19.7. The number of benzene rings is 6. The average Bonchev–Trinajstić information content (AvgIpc) is 1.70. The number of rotatable bonds is 6. The molecule has 516 valence electrons. The van der Waals surface area contributed by atoms with Crippen LogP contribution in [0, 0.1) is 41.5 Å². The van der Waals surface area contributed by atoms with Crippen LogP contribution in [0.25, 0.3) is 97.7 Å². The molecule has 0 N–H and O–H groups in total. The number of hydrogen-bond donors (Lipinski definition) is 0. The molecule has 0 amide bonds. The zero-order valence-electron chi connectivity index (χ0n) is 63.4. The van der Waals surface area contributed by atoms with Crippen molar-refractivity contribution in [2.75, 3.05) is 0 Å². The van der Waals surface area contributed by atoms with E-state index in [4.69, 9.17) is 0 Å². The summed E-state index contributed by atoms with van der Waals surface area (Å²) in [5.41, 5.74) is 15.6. The monoisotopic (exact) mass is 1350 g/mol. The lowest BCUT2D eigenvalue weighted by molar-refractivity contribution is -0.677. The highest BCUT2D eigenvalue weighted by Crippen LogP contribution is 2.27. The van der Waals surface area contributed by atoms with Crippen LogP contribution in [0.5, 0.6) is 0 Å². The van der Waals surface area contributed by atoms with Gasteiger partial charge >= 0.3 is 0 Å². The van der Waals surface area contributed by atoms with Crippen LogP contribution in [-0.2, 0) is 80.8 Å². The molecule has 12 aromatic heterocycles. The lowest BCUT2D eigenvalue weighted by Gasteiger charge is -2.01.